The van der Waals surface area contributed by atoms with Gasteiger partial charge in [0.25, 0.3) is 11.7 Å². The maximum Gasteiger partial charge on any atom is 0.295 e. The van der Waals surface area contributed by atoms with E-state index in [1.807, 2.05) is 24.3 Å². The number of benzene rings is 1. The minimum atomic E-state index is -0.669. The van der Waals surface area contributed by atoms with Crippen LogP contribution in [0.25, 0.3) is 5.76 Å². The van der Waals surface area contributed by atoms with Crippen LogP contribution in [0.15, 0.2) is 54.4 Å². The molecular weight excluding hydrogens is 442 g/mol. The summed E-state index contributed by atoms with van der Waals surface area (Å²) in [5.74, 6) is -0.689. The van der Waals surface area contributed by atoms with Crippen molar-refractivity contribution < 1.29 is 19.4 Å². The van der Waals surface area contributed by atoms with Gasteiger partial charge in [-0.05, 0) is 49.3 Å². The maximum absolute atomic E-state index is 13.1. The van der Waals surface area contributed by atoms with Crippen LogP contribution in [0.1, 0.15) is 63.6 Å². The number of ether oxygens (including phenoxy) is 1. The molecule has 0 saturated carbocycles. The van der Waals surface area contributed by atoms with Crippen LogP contribution in [0.5, 0.6) is 5.75 Å². The number of pyridine rings is 1. The molecule has 0 radical (unpaired) electrons. The van der Waals surface area contributed by atoms with Crippen LogP contribution >= 0.6 is 0 Å². The molecule has 1 aromatic heterocycles. The Hall–Kier alpha value is -3.19. The molecule has 0 aliphatic carbocycles. The number of hydrogen-bond donors (Lipinski definition) is 1. The lowest BCUT2D eigenvalue weighted by Crippen LogP contribution is -2.38. The van der Waals surface area contributed by atoms with E-state index in [1.54, 1.807) is 29.4 Å². The normalized spacial score (nSPS) is 17.4. The summed E-state index contributed by atoms with van der Waals surface area (Å²) in [6, 6.07) is 10.1. The average Bonchev–Trinajstić information content (AvgIpc) is 3.14. The van der Waals surface area contributed by atoms with Gasteiger partial charge in [-0.3, -0.25) is 14.6 Å². The number of likely N-dealkylation sites (tertiary alicyclic amines) is 1. The first kappa shape index (κ1) is 26.4. The van der Waals surface area contributed by atoms with Gasteiger partial charge in [0, 0.05) is 31.0 Å². The molecule has 2 heterocycles. The van der Waals surface area contributed by atoms with Crippen molar-refractivity contribution in [3.8, 4) is 5.75 Å². The Kier molecular flexibility index (Phi) is 9.85. The largest absolute Gasteiger partial charge is 0.507 e. The number of aliphatic hydroxyl groups excluding tert-OH is 1. The average molecular weight is 480 g/mol. The Labute approximate surface area is 208 Å². The van der Waals surface area contributed by atoms with Crippen molar-refractivity contribution in [1.29, 1.82) is 0 Å². The number of amides is 1. The summed E-state index contributed by atoms with van der Waals surface area (Å²) < 4.78 is 5.87. The predicted molar refractivity (Wildman–Crippen MR) is 137 cm³/mol. The molecule has 3 rings (SSSR count). The van der Waals surface area contributed by atoms with Crippen molar-refractivity contribution in [2.45, 2.75) is 52.5 Å². The molecule has 2 aromatic rings. The Morgan fingerprint density at radius 1 is 1.00 bits per heavy atom. The molecule has 0 spiro atoms. The van der Waals surface area contributed by atoms with Gasteiger partial charge in [-0.25, -0.2) is 0 Å². The van der Waals surface area contributed by atoms with Gasteiger partial charge >= 0.3 is 0 Å². The highest BCUT2D eigenvalue weighted by molar-refractivity contribution is 6.46. The first-order valence-corrected chi connectivity index (χ1v) is 12.7. The number of hydrogen-bond acceptors (Lipinski definition) is 6. The van der Waals surface area contributed by atoms with E-state index in [2.05, 4.69) is 30.7 Å². The van der Waals surface area contributed by atoms with Crippen molar-refractivity contribution in [3.63, 3.8) is 0 Å². The number of aliphatic hydroxyl groups is 1. The van der Waals surface area contributed by atoms with Gasteiger partial charge in [0.2, 0.25) is 0 Å². The van der Waals surface area contributed by atoms with Gasteiger partial charge in [-0.2, -0.15) is 0 Å². The van der Waals surface area contributed by atoms with Gasteiger partial charge in [0.05, 0.1) is 18.2 Å². The molecule has 1 fully saturated rings. The van der Waals surface area contributed by atoms with Gasteiger partial charge < -0.3 is 19.6 Å². The third kappa shape index (κ3) is 6.48. The molecule has 1 atom stereocenters. The standard InChI is InChI=1S/C28H37N3O4/c1-4-7-8-9-20-35-23-12-10-21(11-13-23)25-24(26(32)22-14-16-29-17-15-22)27(33)28(34)31(25)19-18-30(5-2)6-3/h10-17,25,32H,4-9,18-20H2,1-3H3/b26-24+. The summed E-state index contributed by atoms with van der Waals surface area (Å²) in [6.07, 6.45) is 7.63. The second kappa shape index (κ2) is 13.0. The fourth-order valence-electron chi connectivity index (χ4n) is 4.38. The van der Waals surface area contributed by atoms with Crippen molar-refractivity contribution >= 4 is 17.4 Å². The number of nitrogens with zero attached hydrogens (tertiary/aromatic N) is 3. The highest BCUT2D eigenvalue weighted by Crippen LogP contribution is 2.39. The van der Waals surface area contributed by atoms with Crippen LogP contribution in [0, 0.1) is 0 Å². The fraction of sp³-hybridized carbons (Fsp3) is 0.464. The zero-order valence-electron chi connectivity index (χ0n) is 21.1. The number of aromatic nitrogens is 1. The molecule has 188 valence electrons. The maximum atomic E-state index is 13.1. The van der Waals surface area contributed by atoms with Crippen molar-refractivity contribution in [3.05, 3.63) is 65.5 Å². The molecule has 7 nitrogen and oxygen atoms in total. The number of unbranched alkanes of at least 4 members (excludes halogenated alkanes) is 3. The monoisotopic (exact) mass is 479 g/mol. The van der Waals surface area contributed by atoms with Crippen LogP contribution in [0.4, 0.5) is 0 Å². The van der Waals surface area contributed by atoms with Gasteiger partial charge in [0.15, 0.2) is 0 Å². The Morgan fingerprint density at radius 2 is 1.69 bits per heavy atom. The summed E-state index contributed by atoms with van der Waals surface area (Å²) >= 11 is 0. The number of ketones is 1. The molecule has 1 unspecified atom stereocenters. The fourth-order valence-corrected chi connectivity index (χ4v) is 4.38. The first-order valence-electron chi connectivity index (χ1n) is 12.7. The molecule has 1 N–H and O–H groups in total. The first-order chi connectivity index (χ1) is 17.0. The molecule has 1 amide bonds. The molecule has 0 bridgehead atoms. The topological polar surface area (TPSA) is 83.0 Å². The Balaban J connectivity index is 1.91. The molecule has 1 aliphatic rings. The van der Waals surface area contributed by atoms with Crippen LogP contribution in [0.2, 0.25) is 0 Å². The summed E-state index contributed by atoms with van der Waals surface area (Å²) in [4.78, 5) is 34.0. The molecular formula is C28H37N3O4. The number of carbonyl (C=O) groups excluding carboxylic acids is 2. The zero-order valence-corrected chi connectivity index (χ0v) is 21.1. The van der Waals surface area contributed by atoms with Crippen molar-refractivity contribution in [2.75, 3.05) is 32.8 Å². The minimum absolute atomic E-state index is 0.106. The van der Waals surface area contributed by atoms with Crippen LogP contribution in [0.3, 0.4) is 0 Å². The van der Waals surface area contributed by atoms with Crippen LogP contribution < -0.4 is 4.74 Å². The van der Waals surface area contributed by atoms with E-state index in [0.717, 1.165) is 37.2 Å². The SMILES string of the molecule is CCCCCCOc1ccc(C2/C(=C(\O)c3ccncc3)C(=O)C(=O)N2CCN(CC)CC)cc1. The van der Waals surface area contributed by atoms with Crippen LogP contribution in [-0.2, 0) is 9.59 Å². The number of Topliss-reactive ketones (excluding diaryl/α,β-unsaturated/α-hetero) is 1. The summed E-state index contributed by atoms with van der Waals surface area (Å²) in [5, 5.41) is 11.1. The van der Waals surface area contributed by atoms with E-state index in [0.29, 0.717) is 25.3 Å². The summed E-state index contributed by atoms with van der Waals surface area (Å²) in [6.45, 7) is 9.71. The van der Waals surface area contributed by atoms with Crippen LogP contribution in [-0.4, -0.2) is 64.4 Å². The van der Waals surface area contributed by atoms with Gasteiger partial charge in [-0.1, -0.05) is 52.2 Å². The van der Waals surface area contributed by atoms with Crippen molar-refractivity contribution in [2.24, 2.45) is 0 Å². The highest BCUT2D eigenvalue weighted by atomic mass is 16.5. The highest BCUT2D eigenvalue weighted by Gasteiger charge is 2.45. The molecule has 1 aromatic carbocycles. The summed E-state index contributed by atoms with van der Waals surface area (Å²) in [5.41, 5.74) is 1.32. The number of carbonyl (C=O) groups is 2. The quantitative estimate of drug-likeness (QED) is 0.192. The lowest BCUT2D eigenvalue weighted by molar-refractivity contribution is -0.140. The Bertz CT molecular complexity index is 1000. The minimum Gasteiger partial charge on any atom is -0.507 e. The van der Waals surface area contributed by atoms with E-state index in [4.69, 9.17) is 4.74 Å². The van der Waals surface area contributed by atoms with Gasteiger partial charge in [-0.15, -0.1) is 0 Å². The van der Waals surface area contributed by atoms with Gasteiger partial charge in [0.1, 0.15) is 11.5 Å². The second-order valence-corrected chi connectivity index (χ2v) is 8.73. The van der Waals surface area contributed by atoms with E-state index in [1.165, 1.54) is 12.8 Å². The second-order valence-electron chi connectivity index (χ2n) is 8.73. The third-order valence-electron chi connectivity index (χ3n) is 6.51. The Morgan fingerprint density at radius 3 is 2.31 bits per heavy atom. The predicted octanol–water partition coefficient (Wildman–Crippen LogP) is 4.80. The van der Waals surface area contributed by atoms with Crippen molar-refractivity contribution in [1.82, 2.24) is 14.8 Å². The molecule has 1 saturated heterocycles. The number of likely N-dealkylation sites (N-methyl/N-ethyl adjacent to an activating group) is 1. The van der Waals surface area contributed by atoms with E-state index < -0.39 is 17.7 Å². The molecule has 35 heavy (non-hydrogen) atoms. The lowest BCUT2D eigenvalue weighted by Gasteiger charge is -2.28. The third-order valence-corrected chi connectivity index (χ3v) is 6.51. The van der Waals surface area contributed by atoms with E-state index in [9.17, 15) is 14.7 Å². The van der Waals surface area contributed by atoms with E-state index >= 15 is 0 Å². The zero-order chi connectivity index (χ0) is 25.2. The van der Waals surface area contributed by atoms with E-state index in [-0.39, 0.29) is 11.3 Å². The number of rotatable bonds is 13. The molecule has 1 aliphatic heterocycles. The molecule has 7 heteroatoms. The summed E-state index contributed by atoms with van der Waals surface area (Å²) in [7, 11) is 0. The lowest BCUT2D eigenvalue weighted by atomic mass is 9.95. The smallest absolute Gasteiger partial charge is 0.295 e.